The summed E-state index contributed by atoms with van der Waals surface area (Å²) in [6.45, 7) is 1.75. The smallest absolute Gasteiger partial charge is 0.337 e. The molecule has 0 fully saturated rings. The lowest BCUT2D eigenvalue weighted by atomic mass is 10.1. The van der Waals surface area contributed by atoms with E-state index in [0.717, 1.165) is 10.0 Å². The predicted molar refractivity (Wildman–Crippen MR) is 90.7 cm³/mol. The third-order valence-corrected chi connectivity index (χ3v) is 5.28. The van der Waals surface area contributed by atoms with Gasteiger partial charge in [0.15, 0.2) is 0 Å². The van der Waals surface area contributed by atoms with Crippen molar-refractivity contribution in [1.29, 1.82) is 0 Å². The zero-order chi connectivity index (χ0) is 17.0. The van der Waals surface area contributed by atoms with Gasteiger partial charge in [-0.2, -0.15) is 0 Å². The Morgan fingerprint density at radius 2 is 1.87 bits per heavy atom. The summed E-state index contributed by atoms with van der Waals surface area (Å²) in [6, 6.07) is 12.7. The van der Waals surface area contributed by atoms with Crippen LogP contribution in [-0.2, 0) is 14.8 Å². The molecule has 0 bridgehead atoms. The Hall–Kier alpha value is -1.70. The quantitative estimate of drug-likeness (QED) is 0.785. The van der Waals surface area contributed by atoms with E-state index >= 15 is 0 Å². The Morgan fingerprint density at radius 3 is 2.52 bits per heavy atom. The molecule has 2 aromatic rings. The van der Waals surface area contributed by atoms with E-state index in [1.165, 1.54) is 31.4 Å². The van der Waals surface area contributed by atoms with Crippen LogP contribution in [0.5, 0.6) is 0 Å². The summed E-state index contributed by atoms with van der Waals surface area (Å²) in [7, 11) is -2.51. The minimum atomic E-state index is -3.76. The van der Waals surface area contributed by atoms with Crippen molar-refractivity contribution < 1.29 is 17.9 Å². The molecule has 1 atom stereocenters. The predicted octanol–water partition coefficient (Wildman–Crippen LogP) is 3.28. The number of ether oxygens (including phenoxy) is 1. The van der Waals surface area contributed by atoms with Gasteiger partial charge in [-0.15, -0.1) is 0 Å². The highest BCUT2D eigenvalue weighted by atomic mass is 79.9. The summed E-state index contributed by atoms with van der Waals surface area (Å²) in [5, 5.41) is 0. The van der Waals surface area contributed by atoms with E-state index in [9.17, 15) is 13.2 Å². The van der Waals surface area contributed by atoms with Gasteiger partial charge in [0, 0.05) is 10.5 Å². The number of esters is 1. The number of sulfonamides is 1. The van der Waals surface area contributed by atoms with Gasteiger partial charge in [-0.05, 0) is 42.8 Å². The number of carbonyl (C=O) groups excluding carboxylic acids is 1. The molecule has 1 N–H and O–H groups in total. The highest BCUT2D eigenvalue weighted by molar-refractivity contribution is 9.10. The first-order valence-electron chi connectivity index (χ1n) is 6.79. The Kier molecular flexibility index (Phi) is 5.56. The summed E-state index contributed by atoms with van der Waals surface area (Å²) in [4.78, 5) is 11.5. The first kappa shape index (κ1) is 17.7. The molecule has 23 heavy (non-hydrogen) atoms. The van der Waals surface area contributed by atoms with Crippen LogP contribution >= 0.6 is 15.9 Å². The summed E-state index contributed by atoms with van der Waals surface area (Å²) in [6.07, 6.45) is 0. The van der Waals surface area contributed by atoms with Crippen LogP contribution in [0.3, 0.4) is 0 Å². The molecule has 7 heteroatoms. The molecule has 5 nitrogen and oxygen atoms in total. The first-order chi connectivity index (χ1) is 10.8. The molecule has 2 rings (SSSR count). The maximum atomic E-state index is 12.5. The summed E-state index contributed by atoms with van der Waals surface area (Å²) < 4.78 is 33.1. The molecule has 0 aliphatic rings. The second-order valence-electron chi connectivity index (χ2n) is 4.92. The van der Waals surface area contributed by atoms with Gasteiger partial charge in [0.05, 0.1) is 17.6 Å². The van der Waals surface area contributed by atoms with E-state index in [1.807, 2.05) is 24.3 Å². The van der Waals surface area contributed by atoms with Crippen LogP contribution in [0, 0.1) is 0 Å². The standard InChI is InChI=1S/C16H16BrNO4S/c1-11(12-5-3-7-14(17)9-12)18-23(20,21)15-8-4-6-13(10-15)16(19)22-2/h3-11,18H,1-2H3/t11-/m0/s1. The first-order valence-corrected chi connectivity index (χ1v) is 9.07. The van der Waals surface area contributed by atoms with Gasteiger partial charge in [0.2, 0.25) is 10.0 Å². The zero-order valence-electron chi connectivity index (χ0n) is 12.6. The van der Waals surface area contributed by atoms with Gasteiger partial charge < -0.3 is 4.74 Å². The number of halogens is 1. The number of hydrogen-bond acceptors (Lipinski definition) is 4. The molecule has 0 radical (unpaired) electrons. The number of methoxy groups -OCH3 is 1. The lowest BCUT2D eigenvalue weighted by Crippen LogP contribution is -2.27. The Balaban J connectivity index is 2.27. The topological polar surface area (TPSA) is 72.5 Å². The van der Waals surface area contributed by atoms with E-state index in [2.05, 4.69) is 25.4 Å². The molecular formula is C16H16BrNO4S. The number of nitrogens with one attached hydrogen (secondary N) is 1. The van der Waals surface area contributed by atoms with E-state index in [4.69, 9.17) is 0 Å². The van der Waals surface area contributed by atoms with Gasteiger partial charge in [-0.25, -0.2) is 17.9 Å². The third kappa shape index (κ3) is 4.40. The van der Waals surface area contributed by atoms with E-state index in [0.29, 0.717) is 0 Å². The molecule has 2 aromatic carbocycles. The maximum Gasteiger partial charge on any atom is 0.337 e. The van der Waals surface area contributed by atoms with Gasteiger partial charge in [0.25, 0.3) is 0 Å². The summed E-state index contributed by atoms with van der Waals surface area (Å²) in [5.74, 6) is -0.581. The minimum Gasteiger partial charge on any atom is -0.465 e. The van der Waals surface area contributed by atoms with Crippen LogP contribution in [0.2, 0.25) is 0 Å². The molecule has 122 valence electrons. The van der Waals surface area contributed by atoms with Crippen LogP contribution in [0.1, 0.15) is 28.9 Å². The van der Waals surface area contributed by atoms with Gasteiger partial charge in [-0.3, -0.25) is 0 Å². The molecular weight excluding hydrogens is 382 g/mol. The highest BCUT2D eigenvalue weighted by Gasteiger charge is 2.20. The normalized spacial score (nSPS) is 12.7. The average molecular weight is 398 g/mol. The van der Waals surface area contributed by atoms with Crippen LogP contribution in [0.4, 0.5) is 0 Å². The molecule has 0 unspecified atom stereocenters. The van der Waals surface area contributed by atoms with Crippen molar-refractivity contribution in [2.75, 3.05) is 7.11 Å². The number of benzene rings is 2. The zero-order valence-corrected chi connectivity index (χ0v) is 15.0. The van der Waals surface area contributed by atoms with Crippen molar-refractivity contribution in [2.24, 2.45) is 0 Å². The lowest BCUT2D eigenvalue weighted by Gasteiger charge is -2.15. The van der Waals surface area contributed by atoms with E-state index in [-0.39, 0.29) is 10.5 Å². The second-order valence-corrected chi connectivity index (χ2v) is 7.55. The minimum absolute atomic E-state index is 0.0160. The highest BCUT2D eigenvalue weighted by Crippen LogP contribution is 2.21. The van der Waals surface area contributed by atoms with Crippen molar-refractivity contribution in [3.05, 3.63) is 64.1 Å². The van der Waals surface area contributed by atoms with Crippen LogP contribution in [-0.4, -0.2) is 21.5 Å². The number of rotatable bonds is 5. The van der Waals surface area contributed by atoms with Crippen molar-refractivity contribution in [1.82, 2.24) is 4.72 Å². The van der Waals surface area contributed by atoms with Crippen molar-refractivity contribution in [3.8, 4) is 0 Å². The SMILES string of the molecule is COC(=O)c1cccc(S(=O)(=O)N[C@@H](C)c2cccc(Br)c2)c1. The molecule has 0 saturated carbocycles. The van der Waals surface area contributed by atoms with Gasteiger partial charge in [0.1, 0.15) is 0 Å². The number of carbonyl (C=O) groups is 1. The molecule has 0 saturated heterocycles. The van der Waals surface area contributed by atoms with E-state index in [1.54, 1.807) is 6.92 Å². The van der Waals surface area contributed by atoms with Crippen LogP contribution < -0.4 is 4.72 Å². The second kappa shape index (κ2) is 7.25. The monoisotopic (exact) mass is 397 g/mol. The summed E-state index contributed by atoms with van der Waals surface area (Å²) >= 11 is 3.36. The van der Waals surface area contributed by atoms with Crippen molar-refractivity contribution in [3.63, 3.8) is 0 Å². The molecule has 0 heterocycles. The molecule has 0 spiro atoms. The van der Waals surface area contributed by atoms with Crippen LogP contribution in [0.15, 0.2) is 57.9 Å². The largest absolute Gasteiger partial charge is 0.465 e. The molecule has 0 aromatic heterocycles. The Bertz CT molecular complexity index is 820. The third-order valence-electron chi connectivity index (χ3n) is 3.25. The summed E-state index contributed by atoms with van der Waals surface area (Å²) in [5.41, 5.74) is 1.01. The van der Waals surface area contributed by atoms with E-state index < -0.39 is 22.0 Å². The lowest BCUT2D eigenvalue weighted by molar-refractivity contribution is 0.0600. The fourth-order valence-electron chi connectivity index (χ4n) is 2.05. The molecule has 0 aliphatic heterocycles. The fraction of sp³-hybridized carbons (Fsp3) is 0.188. The Labute approximate surface area is 143 Å². The molecule has 0 amide bonds. The maximum absolute atomic E-state index is 12.5. The number of hydrogen-bond donors (Lipinski definition) is 1. The Morgan fingerprint density at radius 1 is 1.17 bits per heavy atom. The van der Waals surface area contributed by atoms with Gasteiger partial charge in [-0.1, -0.05) is 34.1 Å². The molecule has 0 aliphatic carbocycles. The van der Waals surface area contributed by atoms with Crippen molar-refractivity contribution in [2.45, 2.75) is 17.9 Å². The van der Waals surface area contributed by atoms with Crippen molar-refractivity contribution >= 4 is 31.9 Å². The van der Waals surface area contributed by atoms with Gasteiger partial charge >= 0.3 is 5.97 Å². The average Bonchev–Trinajstić information content (AvgIpc) is 2.54. The van der Waals surface area contributed by atoms with Crippen LogP contribution in [0.25, 0.3) is 0 Å². The fourth-order valence-corrected chi connectivity index (χ4v) is 3.75.